The highest BCUT2D eigenvalue weighted by atomic mass is 16.6. The molecule has 0 aromatic carbocycles. The van der Waals surface area contributed by atoms with Gasteiger partial charge in [0.2, 0.25) is 0 Å². The van der Waals surface area contributed by atoms with E-state index in [0.29, 0.717) is 19.3 Å². The first-order valence-corrected chi connectivity index (χ1v) is 24.2. The fourth-order valence-corrected chi connectivity index (χ4v) is 7.28. The molecular weight excluding hydrogens is 685 g/mol. The number of carbonyl (C=O) groups is 3. The molecule has 1 atom stereocenters. The monoisotopic (exact) mass is 779 g/mol. The number of hydrogen-bond donors (Lipinski definition) is 0. The fraction of sp³-hybridized carbons (Fsp3) is 0.939. The second kappa shape index (κ2) is 42.0. The largest absolute Gasteiger partial charge is 0.462 e. The van der Waals surface area contributed by atoms with Gasteiger partial charge in [-0.05, 0) is 31.1 Å². The van der Waals surface area contributed by atoms with E-state index >= 15 is 0 Å². The van der Waals surface area contributed by atoms with Gasteiger partial charge in [-0.25, -0.2) is 0 Å². The molecule has 0 amide bonds. The first-order chi connectivity index (χ1) is 26.7. The second-order valence-electron chi connectivity index (χ2n) is 17.7. The minimum Gasteiger partial charge on any atom is -0.462 e. The second-order valence-corrected chi connectivity index (χ2v) is 17.7. The predicted molar refractivity (Wildman–Crippen MR) is 233 cm³/mol. The Bertz CT molecular complexity index is 839. The first kappa shape index (κ1) is 53.4. The first-order valence-electron chi connectivity index (χ1n) is 24.2. The van der Waals surface area contributed by atoms with Crippen molar-refractivity contribution in [3.8, 4) is 0 Å². The molecule has 0 saturated carbocycles. The van der Waals surface area contributed by atoms with Crippen molar-refractivity contribution in [3.05, 3.63) is 0 Å². The Labute approximate surface area is 342 Å². The lowest BCUT2D eigenvalue weighted by atomic mass is 10.0. The molecule has 0 aliphatic carbocycles. The number of ether oxygens (including phenoxy) is 3. The highest BCUT2D eigenvalue weighted by Crippen LogP contribution is 2.17. The van der Waals surface area contributed by atoms with Gasteiger partial charge in [-0.3, -0.25) is 14.4 Å². The molecule has 0 bridgehead atoms. The van der Waals surface area contributed by atoms with Crippen LogP contribution in [0, 0.1) is 11.8 Å². The maximum absolute atomic E-state index is 12.5. The van der Waals surface area contributed by atoms with E-state index in [9.17, 15) is 14.4 Å². The van der Waals surface area contributed by atoms with E-state index < -0.39 is 6.10 Å². The van der Waals surface area contributed by atoms with Gasteiger partial charge in [0.05, 0.1) is 0 Å². The number of unbranched alkanes of at least 4 members (excludes halogenated alkanes) is 28. The van der Waals surface area contributed by atoms with Gasteiger partial charge in [-0.1, -0.05) is 227 Å². The lowest BCUT2D eigenvalue weighted by Crippen LogP contribution is -2.30. The molecule has 0 saturated heterocycles. The maximum atomic E-state index is 12.5. The van der Waals surface area contributed by atoms with E-state index in [-0.39, 0.29) is 31.1 Å². The van der Waals surface area contributed by atoms with Crippen LogP contribution in [0.4, 0.5) is 0 Å². The van der Waals surface area contributed by atoms with Crippen LogP contribution in [-0.2, 0) is 28.6 Å². The van der Waals surface area contributed by atoms with Crippen molar-refractivity contribution in [2.45, 2.75) is 272 Å². The van der Waals surface area contributed by atoms with Crippen LogP contribution in [0.1, 0.15) is 266 Å². The molecule has 326 valence electrons. The summed E-state index contributed by atoms with van der Waals surface area (Å²) in [5.41, 5.74) is 0. The van der Waals surface area contributed by atoms with Crippen molar-refractivity contribution in [1.29, 1.82) is 0 Å². The molecule has 0 radical (unpaired) electrons. The Morgan fingerprint density at radius 2 is 0.600 bits per heavy atom. The number of rotatable bonds is 43. The number of carbonyl (C=O) groups excluding carboxylic acids is 3. The van der Waals surface area contributed by atoms with Crippen LogP contribution < -0.4 is 0 Å². The molecule has 0 rings (SSSR count). The Morgan fingerprint density at radius 3 is 0.891 bits per heavy atom. The van der Waals surface area contributed by atoms with E-state index in [1.165, 1.54) is 148 Å². The van der Waals surface area contributed by atoms with E-state index in [1.807, 2.05) is 0 Å². The van der Waals surface area contributed by atoms with Crippen LogP contribution in [0.5, 0.6) is 0 Å². The fourth-order valence-electron chi connectivity index (χ4n) is 7.28. The van der Waals surface area contributed by atoms with E-state index in [1.54, 1.807) is 0 Å². The molecule has 0 fully saturated rings. The van der Waals surface area contributed by atoms with Crippen molar-refractivity contribution >= 4 is 17.9 Å². The molecule has 0 aromatic heterocycles. The molecule has 0 spiro atoms. The standard InChI is InChI=1S/C49H94O6/c1-6-7-8-27-36-41-49(52)55-46(43-54-48(51)40-35-31-26-22-18-17-20-24-29-33-38-45(4)5)42-53-47(50)39-34-30-25-21-16-14-12-10-9-11-13-15-19-23-28-32-37-44(2)3/h44-46H,6-43H2,1-5H3/t46-/m0/s1. The Morgan fingerprint density at radius 1 is 0.345 bits per heavy atom. The van der Waals surface area contributed by atoms with Crippen LogP contribution in [-0.4, -0.2) is 37.2 Å². The molecule has 0 aromatic rings. The predicted octanol–water partition coefficient (Wildman–Crippen LogP) is 15.4. The minimum atomic E-state index is -0.758. The average molecular weight is 779 g/mol. The zero-order valence-corrected chi connectivity index (χ0v) is 37.6. The van der Waals surface area contributed by atoms with Gasteiger partial charge in [0.1, 0.15) is 13.2 Å². The van der Waals surface area contributed by atoms with Gasteiger partial charge in [-0.15, -0.1) is 0 Å². The van der Waals surface area contributed by atoms with E-state index in [0.717, 1.165) is 76.0 Å². The topological polar surface area (TPSA) is 78.9 Å². The van der Waals surface area contributed by atoms with Gasteiger partial charge >= 0.3 is 17.9 Å². The molecule has 55 heavy (non-hydrogen) atoms. The van der Waals surface area contributed by atoms with Crippen molar-refractivity contribution in [2.24, 2.45) is 11.8 Å². The Hall–Kier alpha value is -1.59. The molecule has 0 heterocycles. The summed E-state index contributed by atoms with van der Waals surface area (Å²) in [6.07, 6.45) is 41.3. The number of esters is 3. The summed E-state index contributed by atoms with van der Waals surface area (Å²) in [5, 5.41) is 0. The molecule has 0 aliphatic heterocycles. The van der Waals surface area contributed by atoms with Crippen molar-refractivity contribution < 1.29 is 28.6 Å². The van der Waals surface area contributed by atoms with Crippen LogP contribution >= 0.6 is 0 Å². The molecular formula is C49H94O6. The zero-order chi connectivity index (χ0) is 40.5. The molecule has 0 unspecified atom stereocenters. The SMILES string of the molecule is CCCCCCCC(=O)O[C@@H](COC(=O)CCCCCCCCCCCCCCCCCCC(C)C)COC(=O)CCCCCCCCCCCCC(C)C. The normalized spacial score (nSPS) is 12.1. The summed E-state index contributed by atoms with van der Waals surface area (Å²) in [5.74, 6) is 0.804. The van der Waals surface area contributed by atoms with Gasteiger partial charge < -0.3 is 14.2 Å². The third-order valence-electron chi connectivity index (χ3n) is 11.0. The lowest BCUT2D eigenvalue weighted by molar-refractivity contribution is -0.167. The maximum Gasteiger partial charge on any atom is 0.306 e. The minimum absolute atomic E-state index is 0.0656. The molecule has 6 heteroatoms. The van der Waals surface area contributed by atoms with Gasteiger partial charge in [0.25, 0.3) is 0 Å². The quantitative estimate of drug-likeness (QED) is 0.0348. The summed E-state index contributed by atoms with van der Waals surface area (Å²) < 4.78 is 16.6. The molecule has 6 nitrogen and oxygen atoms in total. The third-order valence-corrected chi connectivity index (χ3v) is 11.0. The smallest absolute Gasteiger partial charge is 0.306 e. The van der Waals surface area contributed by atoms with Gasteiger partial charge in [0, 0.05) is 19.3 Å². The summed E-state index contributed by atoms with van der Waals surface area (Å²) >= 11 is 0. The van der Waals surface area contributed by atoms with Crippen molar-refractivity contribution in [2.75, 3.05) is 13.2 Å². The van der Waals surface area contributed by atoms with Crippen LogP contribution in [0.2, 0.25) is 0 Å². The summed E-state index contributed by atoms with van der Waals surface area (Å²) in [7, 11) is 0. The Balaban J connectivity index is 4.07. The average Bonchev–Trinajstić information content (AvgIpc) is 3.15. The molecule has 0 N–H and O–H groups in total. The van der Waals surface area contributed by atoms with E-state index in [4.69, 9.17) is 14.2 Å². The van der Waals surface area contributed by atoms with E-state index in [2.05, 4.69) is 34.6 Å². The lowest BCUT2D eigenvalue weighted by Gasteiger charge is -2.18. The summed E-state index contributed by atoms with van der Waals surface area (Å²) in [6, 6.07) is 0. The molecule has 0 aliphatic rings. The highest BCUT2D eigenvalue weighted by Gasteiger charge is 2.19. The Kier molecular flexibility index (Phi) is 40.8. The van der Waals surface area contributed by atoms with Gasteiger partial charge in [-0.2, -0.15) is 0 Å². The van der Waals surface area contributed by atoms with Crippen LogP contribution in [0.25, 0.3) is 0 Å². The number of hydrogen-bond acceptors (Lipinski definition) is 6. The third kappa shape index (κ3) is 43.4. The van der Waals surface area contributed by atoms with Crippen molar-refractivity contribution in [3.63, 3.8) is 0 Å². The zero-order valence-electron chi connectivity index (χ0n) is 37.6. The highest BCUT2D eigenvalue weighted by molar-refractivity contribution is 5.71. The van der Waals surface area contributed by atoms with Gasteiger partial charge in [0.15, 0.2) is 6.10 Å². The van der Waals surface area contributed by atoms with Crippen molar-refractivity contribution in [1.82, 2.24) is 0 Å². The van der Waals surface area contributed by atoms with Crippen LogP contribution in [0.15, 0.2) is 0 Å². The summed E-state index contributed by atoms with van der Waals surface area (Å²) in [4.78, 5) is 37.5. The van der Waals surface area contributed by atoms with Crippen LogP contribution in [0.3, 0.4) is 0 Å². The summed E-state index contributed by atoms with van der Waals surface area (Å²) in [6.45, 7) is 11.3.